The van der Waals surface area contributed by atoms with Gasteiger partial charge < -0.3 is 16.0 Å². The van der Waals surface area contributed by atoms with Crippen LogP contribution >= 0.6 is 0 Å². The molecule has 6 nitrogen and oxygen atoms in total. The van der Waals surface area contributed by atoms with E-state index in [4.69, 9.17) is 0 Å². The van der Waals surface area contributed by atoms with E-state index in [1.165, 1.54) is 89.9 Å². The number of carbonyl (C=O) groups is 3. The smallest absolute Gasteiger partial charge is 0.219 e. The molecule has 0 fully saturated rings. The summed E-state index contributed by atoms with van der Waals surface area (Å²) in [5.74, 6) is 0.578. The second kappa shape index (κ2) is 30.0. The fourth-order valence-electron chi connectivity index (χ4n) is 4.77. The van der Waals surface area contributed by atoms with Gasteiger partial charge >= 0.3 is 0 Å². The molecule has 0 aliphatic rings. The maximum atomic E-state index is 12.0. The third kappa shape index (κ3) is 29.0. The Balaban J connectivity index is 3.24. The molecule has 3 N–H and O–H groups in total. The molecule has 38 heavy (non-hydrogen) atoms. The predicted octanol–water partition coefficient (Wildman–Crippen LogP) is 7.74. The highest BCUT2D eigenvalue weighted by molar-refractivity contribution is 5.76. The standard InChI is InChI=1S/C32H63N3O3/c1-3-4-5-18-23-28-34-31(37)26-21-16-12-7-6-10-14-19-24-29-35-32(38)27-22-17-13-9-8-11-15-20-25-30(36)33-2/h3-29H2,1-2H3,(H,33,36)(H,34,37)(H,35,38). The minimum absolute atomic E-state index is 0.142. The monoisotopic (exact) mass is 537 g/mol. The second-order valence-corrected chi connectivity index (χ2v) is 11.0. The molecule has 224 valence electrons. The fourth-order valence-corrected chi connectivity index (χ4v) is 4.77. The van der Waals surface area contributed by atoms with Gasteiger partial charge in [-0.15, -0.1) is 0 Å². The highest BCUT2D eigenvalue weighted by atomic mass is 16.2. The van der Waals surface area contributed by atoms with Crippen molar-refractivity contribution in [3.63, 3.8) is 0 Å². The molecule has 0 rings (SSSR count). The lowest BCUT2D eigenvalue weighted by Crippen LogP contribution is -2.23. The van der Waals surface area contributed by atoms with E-state index in [9.17, 15) is 14.4 Å². The van der Waals surface area contributed by atoms with Crippen LogP contribution in [0.2, 0.25) is 0 Å². The summed E-state index contributed by atoms with van der Waals surface area (Å²) in [4.78, 5) is 35.0. The van der Waals surface area contributed by atoms with Crippen molar-refractivity contribution in [1.82, 2.24) is 16.0 Å². The topological polar surface area (TPSA) is 87.3 Å². The van der Waals surface area contributed by atoms with Gasteiger partial charge in [-0.25, -0.2) is 0 Å². The molecule has 0 atom stereocenters. The summed E-state index contributed by atoms with van der Waals surface area (Å²) in [7, 11) is 1.69. The molecule has 0 bridgehead atoms. The highest BCUT2D eigenvalue weighted by Crippen LogP contribution is 2.12. The zero-order valence-corrected chi connectivity index (χ0v) is 25.3. The lowest BCUT2D eigenvalue weighted by atomic mass is 10.1. The molecule has 0 heterocycles. The molecule has 0 saturated carbocycles. The zero-order chi connectivity index (χ0) is 27.9. The van der Waals surface area contributed by atoms with Gasteiger partial charge in [-0.1, -0.05) is 116 Å². The Hall–Kier alpha value is -1.59. The third-order valence-corrected chi connectivity index (χ3v) is 7.34. The van der Waals surface area contributed by atoms with Crippen LogP contribution in [0.5, 0.6) is 0 Å². The van der Waals surface area contributed by atoms with Crippen LogP contribution in [0, 0.1) is 0 Å². The number of carbonyl (C=O) groups excluding carboxylic acids is 3. The van der Waals surface area contributed by atoms with E-state index in [1.807, 2.05) is 0 Å². The second-order valence-electron chi connectivity index (χ2n) is 11.0. The summed E-state index contributed by atoms with van der Waals surface area (Å²) in [6.45, 7) is 3.88. The summed E-state index contributed by atoms with van der Waals surface area (Å²) in [5.41, 5.74) is 0. The molecule has 0 aliphatic carbocycles. The molecule has 0 aromatic carbocycles. The Morgan fingerprint density at radius 3 is 1.03 bits per heavy atom. The van der Waals surface area contributed by atoms with E-state index in [0.29, 0.717) is 19.3 Å². The molecular formula is C32H63N3O3. The first-order valence-corrected chi connectivity index (χ1v) is 16.3. The number of hydrogen-bond acceptors (Lipinski definition) is 3. The summed E-state index contributed by atoms with van der Waals surface area (Å²) in [5, 5.41) is 8.79. The number of unbranched alkanes of at least 4 members (excludes halogenated alkanes) is 19. The molecule has 3 amide bonds. The minimum atomic E-state index is 0.142. The van der Waals surface area contributed by atoms with Gasteiger partial charge in [-0.3, -0.25) is 14.4 Å². The molecule has 0 aromatic heterocycles. The molecule has 0 unspecified atom stereocenters. The van der Waals surface area contributed by atoms with Gasteiger partial charge in [0.1, 0.15) is 0 Å². The largest absolute Gasteiger partial charge is 0.359 e. The number of amides is 3. The summed E-state index contributed by atoms with van der Waals surface area (Å²) < 4.78 is 0. The summed E-state index contributed by atoms with van der Waals surface area (Å²) in [6, 6.07) is 0. The number of nitrogens with one attached hydrogen (secondary N) is 3. The van der Waals surface area contributed by atoms with Crippen molar-refractivity contribution in [3.05, 3.63) is 0 Å². The first-order valence-electron chi connectivity index (χ1n) is 16.3. The molecule has 0 aliphatic heterocycles. The van der Waals surface area contributed by atoms with Gasteiger partial charge in [-0.2, -0.15) is 0 Å². The molecule has 6 heteroatoms. The van der Waals surface area contributed by atoms with Gasteiger partial charge in [-0.05, 0) is 32.1 Å². The maximum Gasteiger partial charge on any atom is 0.219 e. The van der Waals surface area contributed by atoms with Gasteiger partial charge in [0.05, 0.1) is 0 Å². The average Bonchev–Trinajstić information content (AvgIpc) is 2.92. The van der Waals surface area contributed by atoms with Crippen LogP contribution in [-0.4, -0.2) is 37.9 Å². The molecule has 0 aromatic rings. The Kier molecular flexibility index (Phi) is 28.7. The van der Waals surface area contributed by atoms with Crippen molar-refractivity contribution >= 4 is 17.7 Å². The van der Waals surface area contributed by atoms with E-state index < -0.39 is 0 Å². The fraction of sp³-hybridized carbons (Fsp3) is 0.906. The molecule has 0 saturated heterocycles. The molecule has 0 spiro atoms. The first-order chi connectivity index (χ1) is 18.6. The van der Waals surface area contributed by atoms with Crippen LogP contribution in [0.3, 0.4) is 0 Å². The Morgan fingerprint density at radius 2 is 0.684 bits per heavy atom. The van der Waals surface area contributed by atoms with Gasteiger partial charge in [0.2, 0.25) is 17.7 Å². The summed E-state index contributed by atoms with van der Waals surface area (Å²) in [6.07, 6.45) is 28.1. The third-order valence-electron chi connectivity index (χ3n) is 7.34. The van der Waals surface area contributed by atoms with Crippen molar-refractivity contribution in [2.45, 2.75) is 167 Å². The normalized spacial score (nSPS) is 10.9. The van der Waals surface area contributed by atoms with Crippen LogP contribution in [0.4, 0.5) is 0 Å². The van der Waals surface area contributed by atoms with Crippen molar-refractivity contribution in [2.75, 3.05) is 20.1 Å². The quantitative estimate of drug-likeness (QED) is 0.0853. The van der Waals surface area contributed by atoms with Gasteiger partial charge in [0, 0.05) is 39.4 Å². The van der Waals surface area contributed by atoms with Crippen LogP contribution in [0.15, 0.2) is 0 Å². The maximum absolute atomic E-state index is 12.0. The summed E-state index contributed by atoms with van der Waals surface area (Å²) >= 11 is 0. The van der Waals surface area contributed by atoms with Crippen LogP contribution < -0.4 is 16.0 Å². The average molecular weight is 538 g/mol. The van der Waals surface area contributed by atoms with Crippen molar-refractivity contribution in [1.29, 1.82) is 0 Å². The zero-order valence-electron chi connectivity index (χ0n) is 25.3. The first kappa shape index (κ1) is 36.4. The Bertz CT molecular complexity index is 554. The van der Waals surface area contributed by atoms with Crippen LogP contribution in [0.25, 0.3) is 0 Å². The van der Waals surface area contributed by atoms with E-state index in [-0.39, 0.29) is 17.7 Å². The molecular weight excluding hydrogens is 474 g/mol. The van der Waals surface area contributed by atoms with Crippen LogP contribution in [-0.2, 0) is 14.4 Å². The lowest BCUT2D eigenvalue weighted by Gasteiger charge is -2.06. The van der Waals surface area contributed by atoms with Crippen LogP contribution in [0.1, 0.15) is 167 Å². The van der Waals surface area contributed by atoms with Crippen molar-refractivity contribution in [2.24, 2.45) is 0 Å². The number of rotatable bonds is 29. The van der Waals surface area contributed by atoms with E-state index >= 15 is 0 Å². The minimum Gasteiger partial charge on any atom is -0.359 e. The van der Waals surface area contributed by atoms with E-state index in [0.717, 1.165) is 64.5 Å². The van der Waals surface area contributed by atoms with Gasteiger partial charge in [0.15, 0.2) is 0 Å². The SMILES string of the molecule is CCCCCCCNC(=O)CCCCCCCCCCCNC(=O)CCCCCCCCCCC(=O)NC. The molecule has 0 radical (unpaired) electrons. The van der Waals surface area contributed by atoms with Crippen molar-refractivity contribution in [3.8, 4) is 0 Å². The Morgan fingerprint density at radius 1 is 0.395 bits per heavy atom. The van der Waals surface area contributed by atoms with E-state index in [2.05, 4.69) is 22.9 Å². The lowest BCUT2D eigenvalue weighted by molar-refractivity contribution is -0.122. The van der Waals surface area contributed by atoms with Crippen molar-refractivity contribution < 1.29 is 14.4 Å². The number of hydrogen-bond donors (Lipinski definition) is 3. The van der Waals surface area contributed by atoms with E-state index in [1.54, 1.807) is 7.05 Å². The predicted molar refractivity (Wildman–Crippen MR) is 161 cm³/mol. The Labute approximate surface area is 235 Å². The van der Waals surface area contributed by atoms with Gasteiger partial charge in [0.25, 0.3) is 0 Å². The highest BCUT2D eigenvalue weighted by Gasteiger charge is 2.02.